The molecule has 55 valence electrons. The molecule has 0 rings (SSSR count). The van der Waals surface area contributed by atoms with E-state index in [0.717, 1.165) is 0 Å². The van der Waals surface area contributed by atoms with Gasteiger partial charge in [-0.3, -0.25) is 0 Å². The molecule has 6 heteroatoms. The van der Waals surface area contributed by atoms with Crippen LogP contribution in [0.25, 0.3) is 0 Å². The van der Waals surface area contributed by atoms with Crippen LogP contribution in [0.1, 0.15) is 0 Å². The van der Waals surface area contributed by atoms with Crippen LogP contribution >= 0.6 is 0 Å². The van der Waals surface area contributed by atoms with E-state index in [-0.39, 0.29) is 72.3 Å². The number of rotatable bonds is 4. The molecule has 0 aromatic rings. The zero-order valence-corrected chi connectivity index (χ0v) is 5.32. The quantitative estimate of drug-likeness (QED) is 0.412. The van der Waals surface area contributed by atoms with E-state index in [1.165, 1.54) is 0 Å². The van der Waals surface area contributed by atoms with Crippen molar-refractivity contribution in [1.29, 1.82) is 0 Å². The second-order valence-corrected chi connectivity index (χ2v) is 4.04. The Morgan fingerprint density at radius 3 is 0.900 bits per heavy atom. The molecule has 0 amide bonds. The predicted octanol–water partition coefficient (Wildman–Crippen LogP) is -1.75. The molecular weight excluding hydrogens is 210 g/mol. The number of carbonyl (C=O) groups excluding carboxylic acids is 4. The van der Waals surface area contributed by atoms with Gasteiger partial charge < -0.3 is 0 Å². The molecule has 0 spiro atoms. The summed E-state index contributed by atoms with van der Waals surface area (Å²) < 4.78 is 0. The Balaban J connectivity index is 0. The normalized spacial score (nSPS) is 10.4. The third-order valence-electron chi connectivity index (χ3n) is 0.544. The standard InChI is InChI=1S/4CHO.Co.K.H/c4*1-2;;;/h4*1H;;;. The van der Waals surface area contributed by atoms with Gasteiger partial charge in [-0.1, -0.05) is 0 Å². The van der Waals surface area contributed by atoms with E-state index in [4.69, 9.17) is 0 Å². The van der Waals surface area contributed by atoms with E-state index in [9.17, 15) is 19.2 Å². The Hall–Kier alpha value is 0.823. The molecule has 0 aliphatic carbocycles. The van der Waals surface area contributed by atoms with E-state index in [1.54, 1.807) is 0 Å². The van der Waals surface area contributed by atoms with Gasteiger partial charge in [0, 0.05) is 0 Å². The van der Waals surface area contributed by atoms with Crippen LogP contribution in [0.2, 0.25) is 0 Å². The summed E-state index contributed by atoms with van der Waals surface area (Å²) in [6, 6.07) is 0. The molecule has 0 saturated carbocycles. The molecule has 0 aliphatic heterocycles. The van der Waals surface area contributed by atoms with Gasteiger partial charge in [0.05, 0.1) is 0 Å². The van der Waals surface area contributed by atoms with Gasteiger partial charge in [-0.05, 0) is 0 Å². The van der Waals surface area contributed by atoms with Crippen molar-refractivity contribution in [3.8, 4) is 0 Å². The first-order chi connectivity index (χ1) is 4.24. The monoisotopic (exact) mass is 215 g/mol. The fourth-order valence-corrected chi connectivity index (χ4v) is 0.458. The zero-order valence-electron chi connectivity index (χ0n) is 4.28. The van der Waals surface area contributed by atoms with Crippen molar-refractivity contribution in [1.82, 2.24) is 0 Å². The summed E-state index contributed by atoms with van der Waals surface area (Å²) >= 11 is -3.12. The number of carbonyl (C=O) groups is 4. The fourth-order valence-electron chi connectivity index (χ4n) is 0.111. The Bertz CT molecular complexity index is 120. The molecule has 0 aromatic carbocycles. The van der Waals surface area contributed by atoms with Crippen LogP contribution < -0.4 is 0 Å². The average molecular weight is 215 g/mol. The first-order valence-electron chi connectivity index (χ1n) is 1.71. The third-order valence-corrected chi connectivity index (χ3v) is 2.24. The minimum absolute atomic E-state index is 0. The van der Waals surface area contributed by atoms with Crippen LogP contribution in [-0.4, -0.2) is 72.3 Å². The molecule has 0 aromatic heterocycles. The molecule has 0 unspecified atom stereocenters. The third kappa shape index (κ3) is 3.28. The molecule has 0 saturated heterocycles. The Kier molecular flexibility index (Phi) is 8.76. The first kappa shape index (κ1) is 13.4. The summed E-state index contributed by atoms with van der Waals surface area (Å²) in [5.74, 6) is 0. The zero-order chi connectivity index (χ0) is 7.33. The topological polar surface area (TPSA) is 68.3 Å². The summed E-state index contributed by atoms with van der Waals surface area (Å²) in [6.45, 7) is 0. The molecule has 0 heterocycles. The van der Waals surface area contributed by atoms with E-state index in [2.05, 4.69) is 0 Å². The van der Waals surface area contributed by atoms with Crippen molar-refractivity contribution in [2.75, 3.05) is 0 Å². The van der Waals surface area contributed by atoms with Gasteiger partial charge >= 0.3 is 104 Å². The van der Waals surface area contributed by atoms with Crippen LogP contribution in [-0.2, 0) is 31.8 Å². The van der Waals surface area contributed by atoms with Gasteiger partial charge in [0.2, 0.25) is 0 Å². The summed E-state index contributed by atoms with van der Waals surface area (Å²) in [4.78, 5) is 39.5. The van der Waals surface area contributed by atoms with Gasteiger partial charge in [0.15, 0.2) is 0 Å². The molecular formula is C4H5CoKO4. The maximum absolute atomic E-state index is 9.88. The summed E-state index contributed by atoms with van der Waals surface area (Å²) in [5.41, 5.74) is 0. The van der Waals surface area contributed by atoms with Gasteiger partial charge in [-0.15, -0.1) is 0 Å². The molecule has 0 atom stereocenters. The van der Waals surface area contributed by atoms with Crippen molar-refractivity contribution >= 4 is 72.3 Å². The SMILES string of the molecule is O=[CH][Co]([CH]=O)([CH]=O)[CH]=O.[KH]. The van der Waals surface area contributed by atoms with Crippen LogP contribution in [0.3, 0.4) is 0 Å². The Labute approximate surface area is 102 Å². The first-order valence-corrected chi connectivity index (χ1v) is 4.12. The van der Waals surface area contributed by atoms with Crippen molar-refractivity contribution in [2.45, 2.75) is 0 Å². The maximum atomic E-state index is 9.88. The van der Waals surface area contributed by atoms with Crippen LogP contribution in [0, 0.1) is 0 Å². The molecule has 10 heavy (non-hydrogen) atoms. The van der Waals surface area contributed by atoms with Crippen molar-refractivity contribution in [2.24, 2.45) is 0 Å². The molecule has 0 radical (unpaired) electrons. The second-order valence-electron chi connectivity index (χ2n) is 0.981. The molecule has 0 N–H and O–H groups in total. The van der Waals surface area contributed by atoms with E-state index < -0.39 is 12.6 Å². The Morgan fingerprint density at radius 2 is 0.900 bits per heavy atom. The predicted molar refractivity (Wildman–Crippen MR) is 34.2 cm³/mol. The minimum atomic E-state index is -3.12. The van der Waals surface area contributed by atoms with Gasteiger partial charge in [-0.25, -0.2) is 0 Å². The number of hydrogen-bond donors (Lipinski definition) is 0. The molecule has 0 bridgehead atoms. The van der Waals surface area contributed by atoms with Gasteiger partial charge in [0.25, 0.3) is 0 Å². The van der Waals surface area contributed by atoms with Crippen molar-refractivity contribution in [3.05, 3.63) is 0 Å². The second kappa shape index (κ2) is 6.53. The summed E-state index contributed by atoms with van der Waals surface area (Å²) in [7, 11) is 0. The molecule has 4 nitrogen and oxygen atoms in total. The van der Waals surface area contributed by atoms with Crippen molar-refractivity contribution in [3.63, 3.8) is 0 Å². The van der Waals surface area contributed by atoms with E-state index in [1.807, 2.05) is 0 Å². The van der Waals surface area contributed by atoms with Crippen LogP contribution in [0.5, 0.6) is 0 Å². The van der Waals surface area contributed by atoms with E-state index in [0.29, 0.717) is 0 Å². The summed E-state index contributed by atoms with van der Waals surface area (Å²) in [6.07, 6.45) is 0. The van der Waals surface area contributed by atoms with Gasteiger partial charge in [-0.2, -0.15) is 0 Å². The van der Waals surface area contributed by atoms with E-state index >= 15 is 0 Å². The van der Waals surface area contributed by atoms with Crippen molar-refractivity contribution < 1.29 is 31.8 Å². The summed E-state index contributed by atoms with van der Waals surface area (Å²) in [5, 5.41) is 0.438. The number of hydrogen-bond acceptors (Lipinski definition) is 4. The van der Waals surface area contributed by atoms with Crippen LogP contribution in [0.4, 0.5) is 0 Å². The Morgan fingerprint density at radius 1 is 0.700 bits per heavy atom. The van der Waals surface area contributed by atoms with Gasteiger partial charge in [0.1, 0.15) is 0 Å². The molecule has 0 fully saturated rings. The average Bonchev–Trinajstić information content (AvgIpc) is 1.95. The molecule has 0 aliphatic rings. The van der Waals surface area contributed by atoms with Crippen LogP contribution in [0.15, 0.2) is 0 Å². The fraction of sp³-hybridized carbons (Fsp3) is 0.